The monoisotopic (exact) mass is 351 g/mol. The van der Waals surface area contributed by atoms with Crippen molar-refractivity contribution in [3.8, 4) is 10.6 Å². The Morgan fingerprint density at radius 1 is 1.23 bits per heavy atom. The minimum absolute atomic E-state index is 0.270. The third kappa shape index (κ3) is 3.18. The van der Waals surface area contributed by atoms with Crippen molar-refractivity contribution in [3.63, 3.8) is 0 Å². The van der Waals surface area contributed by atoms with E-state index in [4.69, 9.17) is 0 Å². The number of nitrogens with zero attached hydrogens (tertiary/aromatic N) is 1. The van der Waals surface area contributed by atoms with Crippen molar-refractivity contribution in [2.24, 2.45) is 0 Å². The number of H-pyrrole nitrogens is 1. The number of hydrogen-bond acceptors (Lipinski definition) is 5. The average molecular weight is 351 g/mol. The Hall–Kier alpha value is -1.77. The van der Waals surface area contributed by atoms with Crippen LogP contribution in [0, 0.1) is 0 Å². The maximum absolute atomic E-state index is 12.5. The second kappa shape index (κ2) is 6.15. The van der Waals surface area contributed by atoms with Crippen LogP contribution in [-0.2, 0) is 10.0 Å². The molecule has 0 fully saturated rings. The summed E-state index contributed by atoms with van der Waals surface area (Å²) in [5.41, 5.74) is 1.36. The molecule has 0 spiro atoms. The molecule has 2 N–H and O–H groups in total. The number of aromatic amines is 1. The third-order valence-corrected chi connectivity index (χ3v) is 6.65. The standard InChI is InChI=1S/C14H13N3O2S3/c1-20-11-4-2-3-10(9-11)17-22(18,19)14-6-5-13(21-14)12-7-8-15-16-12/h2-9,17H,1H3,(H,15,16). The van der Waals surface area contributed by atoms with Gasteiger partial charge in [0, 0.05) is 16.8 Å². The Labute approximate surface area is 136 Å². The van der Waals surface area contributed by atoms with E-state index < -0.39 is 10.0 Å². The molecule has 0 bridgehead atoms. The molecular formula is C14H13N3O2S3. The van der Waals surface area contributed by atoms with Crippen LogP contribution in [-0.4, -0.2) is 24.9 Å². The van der Waals surface area contributed by atoms with E-state index in [1.807, 2.05) is 24.5 Å². The summed E-state index contributed by atoms with van der Waals surface area (Å²) < 4.78 is 27.8. The molecule has 0 radical (unpaired) electrons. The number of sulfonamides is 1. The Balaban J connectivity index is 1.86. The summed E-state index contributed by atoms with van der Waals surface area (Å²) in [5.74, 6) is 0. The van der Waals surface area contributed by atoms with Crippen LogP contribution in [0.2, 0.25) is 0 Å². The normalized spacial score (nSPS) is 11.5. The Morgan fingerprint density at radius 3 is 2.82 bits per heavy atom. The molecule has 0 atom stereocenters. The lowest BCUT2D eigenvalue weighted by Gasteiger charge is -2.07. The average Bonchev–Trinajstić information content (AvgIpc) is 3.18. The van der Waals surface area contributed by atoms with Crippen molar-refractivity contribution in [3.05, 3.63) is 48.7 Å². The fraction of sp³-hybridized carbons (Fsp3) is 0.0714. The first kappa shape index (κ1) is 15.1. The van der Waals surface area contributed by atoms with Gasteiger partial charge in [-0.05, 0) is 42.7 Å². The van der Waals surface area contributed by atoms with Crippen molar-refractivity contribution in [1.82, 2.24) is 10.2 Å². The zero-order valence-electron chi connectivity index (χ0n) is 11.6. The van der Waals surface area contributed by atoms with Crippen molar-refractivity contribution in [1.29, 1.82) is 0 Å². The highest BCUT2D eigenvalue weighted by Gasteiger charge is 2.18. The largest absolute Gasteiger partial charge is 0.279 e. The summed E-state index contributed by atoms with van der Waals surface area (Å²) >= 11 is 2.76. The van der Waals surface area contributed by atoms with Gasteiger partial charge in [-0.25, -0.2) is 8.42 Å². The van der Waals surface area contributed by atoms with E-state index in [9.17, 15) is 8.42 Å². The Morgan fingerprint density at radius 2 is 2.09 bits per heavy atom. The number of thioether (sulfide) groups is 1. The van der Waals surface area contributed by atoms with Gasteiger partial charge in [0.25, 0.3) is 10.0 Å². The van der Waals surface area contributed by atoms with Crippen LogP contribution in [0.3, 0.4) is 0 Å². The highest BCUT2D eigenvalue weighted by atomic mass is 32.2. The van der Waals surface area contributed by atoms with E-state index >= 15 is 0 Å². The molecule has 1 aromatic carbocycles. The van der Waals surface area contributed by atoms with Gasteiger partial charge >= 0.3 is 0 Å². The number of nitrogens with one attached hydrogen (secondary N) is 2. The second-order valence-corrected chi connectivity index (χ2v) is 8.30. The first-order valence-electron chi connectivity index (χ1n) is 6.35. The maximum Gasteiger partial charge on any atom is 0.271 e. The van der Waals surface area contributed by atoms with Crippen LogP contribution >= 0.6 is 23.1 Å². The topological polar surface area (TPSA) is 74.8 Å². The molecule has 3 rings (SSSR count). The lowest BCUT2D eigenvalue weighted by atomic mass is 10.3. The molecule has 0 unspecified atom stereocenters. The van der Waals surface area contributed by atoms with Crippen LogP contribution in [0.1, 0.15) is 0 Å². The van der Waals surface area contributed by atoms with Crippen LogP contribution in [0.15, 0.2) is 57.8 Å². The molecule has 22 heavy (non-hydrogen) atoms. The molecule has 5 nitrogen and oxygen atoms in total. The summed E-state index contributed by atoms with van der Waals surface area (Å²) in [4.78, 5) is 1.83. The van der Waals surface area contributed by atoms with Gasteiger partial charge < -0.3 is 0 Å². The summed E-state index contributed by atoms with van der Waals surface area (Å²) in [6.07, 6.45) is 3.58. The zero-order valence-corrected chi connectivity index (χ0v) is 14.1. The molecule has 0 aliphatic heterocycles. The molecule has 2 heterocycles. The molecule has 0 aliphatic rings. The first-order valence-corrected chi connectivity index (χ1v) is 9.87. The van der Waals surface area contributed by atoms with Gasteiger partial charge in [-0.3, -0.25) is 9.82 Å². The summed E-state index contributed by atoms with van der Waals surface area (Å²) in [6, 6.07) is 12.5. The molecule has 0 aliphatic carbocycles. The minimum Gasteiger partial charge on any atom is -0.279 e. The number of aromatic nitrogens is 2. The molecule has 114 valence electrons. The number of rotatable bonds is 5. The van der Waals surface area contributed by atoms with Gasteiger partial charge in [0.2, 0.25) is 0 Å². The highest BCUT2D eigenvalue weighted by molar-refractivity contribution is 7.98. The minimum atomic E-state index is -3.58. The fourth-order valence-corrected chi connectivity index (χ4v) is 4.68. The van der Waals surface area contributed by atoms with E-state index in [1.165, 1.54) is 11.3 Å². The van der Waals surface area contributed by atoms with Gasteiger partial charge in [-0.15, -0.1) is 23.1 Å². The molecule has 0 amide bonds. The van der Waals surface area contributed by atoms with Crippen LogP contribution in [0.25, 0.3) is 10.6 Å². The second-order valence-electron chi connectivity index (χ2n) is 4.43. The van der Waals surface area contributed by atoms with E-state index in [-0.39, 0.29) is 4.21 Å². The summed E-state index contributed by atoms with van der Waals surface area (Å²) in [6.45, 7) is 0. The van der Waals surface area contributed by atoms with Gasteiger partial charge in [0.05, 0.1) is 10.6 Å². The van der Waals surface area contributed by atoms with Crippen LogP contribution < -0.4 is 4.72 Å². The van der Waals surface area contributed by atoms with Gasteiger partial charge in [-0.1, -0.05) is 6.07 Å². The van der Waals surface area contributed by atoms with E-state index in [0.717, 1.165) is 15.5 Å². The smallest absolute Gasteiger partial charge is 0.271 e. The zero-order chi connectivity index (χ0) is 15.6. The number of anilines is 1. The predicted octanol–water partition coefficient (Wildman–Crippen LogP) is 3.66. The molecule has 2 aromatic heterocycles. The third-order valence-electron chi connectivity index (χ3n) is 2.93. The van der Waals surface area contributed by atoms with Gasteiger partial charge in [0.1, 0.15) is 4.21 Å². The number of benzene rings is 1. The van der Waals surface area contributed by atoms with E-state index in [0.29, 0.717) is 5.69 Å². The summed E-state index contributed by atoms with van der Waals surface area (Å²) in [5, 5.41) is 6.70. The highest BCUT2D eigenvalue weighted by Crippen LogP contribution is 2.30. The van der Waals surface area contributed by atoms with Crippen LogP contribution in [0.4, 0.5) is 5.69 Å². The Kier molecular flexibility index (Phi) is 4.23. The lowest BCUT2D eigenvalue weighted by molar-refractivity contribution is 0.603. The van der Waals surface area contributed by atoms with E-state index in [2.05, 4.69) is 14.9 Å². The van der Waals surface area contributed by atoms with Gasteiger partial charge in [-0.2, -0.15) is 5.10 Å². The SMILES string of the molecule is CSc1cccc(NS(=O)(=O)c2ccc(-c3ccn[nH]3)s2)c1. The van der Waals surface area contributed by atoms with Crippen molar-refractivity contribution >= 4 is 38.8 Å². The molecule has 0 saturated heterocycles. The molecule has 0 saturated carbocycles. The van der Waals surface area contributed by atoms with Crippen molar-refractivity contribution in [2.45, 2.75) is 9.10 Å². The van der Waals surface area contributed by atoms with Crippen molar-refractivity contribution < 1.29 is 8.42 Å². The fourth-order valence-electron chi connectivity index (χ4n) is 1.89. The van der Waals surface area contributed by atoms with Gasteiger partial charge in [0.15, 0.2) is 0 Å². The van der Waals surface area contributed by atoms with Crippen molar-refractivity contribution in [2.75, 3.05) is 11.0 Å². The summed E-state index contributed by atoms with van der Waals surface area (Å²) in [7, 11) is -3.58. The lowest BCUT2D eigenvalue weighted by Crippen LogP contribution is -2.11. The van der Waals surface area contributed by atoms with E-state index in [1.54, 1.807) is 42.2 Å². The molecule has 3 aromatic rings. The Bertz CT molecular complexity index is 870. The molecule has 8 heteroatoms. The number of thiophene rings is 1. The molecular weight excluding hydrogens is 338 g/mol. The maximum atomic E-state index is 12.5. The quantitative estimate of drug-likeness (QED) is 0.688. The van der Waals surface area contributed by atoms with Crippen LogP contribution in [0.5, 0.6) is 0 Å². The number of hydrogen-bond donors (Lipinski definition) is 2. The predicted molar refractivity (Wildman–Crippen MR) is 90.9 cm³/mol. The first-order chi connectivity index (χ1) is 10.6.